The number of aliphatic carboxylic acids is 1. The van der Waals surface area contributed by atoms with Gasteiger partial charge in [0.15, 0.2) is 0 Å². The molecule has 0 bridgehead atoms. The van der Waals surface area contributed by atoms with E-state index < -0.39 is 12.0 Å². The van der Waals surface area contributed by atoms with E-state index in [-0.39, 0.29) is 0 Å². The van der Waals surface area contributed by atoms with Crippen LogP contribution in [0.15, 0.2) is 23.1 Å². The van der Waals surface area contributed by atoms with Crippen LogP contribution in [0.4, 0.5) is 0 Å². The van der Waals surface area contributed by atoms with Crippen LogP contribution < -0.4 is 5.32 Å². The van der Waals surface area contributed by atoms with Gasteiger partial charge in [-0.1, -0.05) is 17.7 Å². The van der Waals surface area contributed by atoms with Crippen LogP contribution in [-0.2, 0) is 4.79 Å². The highest BCUT2D eigenvalue weighted by atomic mass is 32.2. The normalized spacial score (nSPS) is 12.4. The summed E-state index contributed by atoms with van der Waals surface area (Å²) in [6.07, 6.45) is 0. The van der Waals surface area contributed by atoms with E-state index in [2.05, 4.69) is 23.5 Å². The van der Waals surface area contributed by atoms with Crippen LogP contribution in [-0.4, -0.2) is 29.9 Å². The average Bonchev–Trinajstić information content (AvgIpc) is 2.23. The van der Waals surface area contributed by atoms with Crippen molar-refractivity contribution in [2.75, 3.05) is 12.8 Å². The molecule has 0 spiro atoms. The molecule has 0 saturated heterocycles. The summed E-state index contributed by atoms with van der Waals surface area (Å²) in [5, 5.41) is 11.7. The molecule has 0 radical (unpaired) electrons. The van der Waals surface area contributed by atoms with Gasteiger partial charge in [-0.05, 0) is 32.5 Å². The third kappa shape index (κ3) is 3.54. The first-order valence-electron chi connectivity index (χ1n) is 5.14. The van der Waals surface area contributed by atoms with Crippen LogP contribution in [0.5, 0.6) is 0 Å². The highest BCUT2D eigenvalue weighted by molar-refractivity contribution is 7.99. The van der Waals surface area contributed by atoms with Crippen LogP contribution >= 0.6 is 11.8 Å². The van der Waals surface area contributed by atoms with Gasteiger partial charge in [-0.15, -0.1) is 11.8 Å². The van der Waals surface area contributed by atoms with E-state index >= 15 is 0 Å². The molecule has 1 rings (SSSR count). The Labute approximate surface area is 100 Å². The minimum atomic E-state index is -0.805. The molecule has 1 aromatic carbocycles. The standard InChI is InChI=1S/C12H17NO2S/c1-8-4-5-9(2)11(6-8)16-7-10(13-3)12(14)15/h4-6,10,13H,7H2,1-3H3,(H,14,15). The Morgan fingerprint density at radius 1 is 1.50 bits per heavy atom. The lowest BCUT2D eigenvalue weighted by Crippen LogP contribution is -2.35. The summed E-state index contributed by atoms with van der Waals surface area (Å²) in [4.78, 5) is 12.0. The maximum Gasteiger partial charge on any atom is 0.321 e. The number of carboxylic acids is 1. The molecule has 1 aromatic rings. The summed E-state index contributed by atoms with van der Waals surface area (Å²) >= 11 is 1.58. The molecule has 3 nitrogen and oxygen atoms in total. The third-order valence-electron chi connectivity index (χ3n) is 2.40. The van der Waals surface area contributed by atoms with Crippen LogP contribution in [0.2, 0.25) is 0 Å². The Morgan fingerprint density at radius 3 is 2.75 bits per heavy atom. The van der Waals surface area contributed by atoms with Gasteiger partial charge in [-0.25, -0.2) is 0 Å². The predicted octanol–water partition coefficient (Wildman–Crippen LogP) is 2.07. The van der Waals surface area contributed by atoms with Gasteiger partial charge < -0.3 is 10.4 Å². The third-order valence-corrected chi connectivity index (χ3v) is 3.65. The second-order valence-corrected chi connectivity index (χ2v) is 4.82. The quantitative estimate of drug-likeness (QED) is 0.772. The number of benzene rings is 1. The molecule has 0 saturated carbocycles. The van der Waals surface area contributed by atoms with Crippen molar-refractivity contribution in [1.29, 1.82) is 0 Å². The zero-order valence-electron chi connectivity index (χ0n) is 9.78. The van der Waals surface area contributed by atoms with Crippen molar-refractivity contribution < 1.29 is 9.90 Å². The number of aryl methyl sites for hydroxylation is 2. The SMILES string of the molecule is CNC(CSc1cc(C)ccc1C)C(=O)O. The number of carboxylic acid groups (broad SMARTS) is 1. The largest absolute Gasteiger partial charge is 0.480 e. The van der Waals surface area contributed by atoms with E-state index in [0.29, 0.717) is 5.75 Å². The Morgan fingerprint density at radius 2 is 2.19 bits per heavy atom. The van der Waals surface area contributed by atoms with Gasteiger partial charge in [0.1, 0.15) is 6.04 Å². The second-order valence-electron chi connectivity index (χ2n) is 3.76. The average molecular weight is 239 g/mol. The smallest absolute Gasteiger partial charge is 0.321 e. The summed E-state index contributed by atoms with van der Waals surface area (Å²) in [5.74, 6) is -0.267. The first-order valence-corrected chi connectivity index (χ1v) is 6.13. The molecule has 0 aliphatic rings. The Kier molecular flexibility index (Phi) is 4.83. The van der Waals surface area contributed by atoms with E-state index in [1.807, 2.05) is 13.8 Å². The lowest BCUT2D eigenvalue weighted by atomic mass is 10.2. The minimum absolute atomic E-state index is 0.495. The van der Waals surface area contributed by atoms with Gasteiger partial charge in [0.25, 0.3) is 0 Å². The summed E-state index contributed by atoms with van der Waals surface area (Å²) in [6.45, 7) is 4.08. The molecule has 2 N–H and O–H groups in total. The molecule has 0 aliphatic heterocycles. The lowest BCUT2D eigenvalue weighted by molar-refractivity contribution is -0.138. The van der Waals surface area contributed by atoms with Gasteiger partial charge in [0.05, 0.1) is 0 Å². The summed E-state index contributed by atoms with van der Waals surface area (Å²) in [6, 6.07) is 5.72. The first kappa shape index (κ1) is 13.1. The number of likely N-dealkylation sites (N-methyl/N-ethyl adjacent to an activating group) is 1. The van der Waals surface area contributed by atoms with Crippen molar-refractivity contribution in [1.82, 2.24) is 5.32 Å². The Hall–Kier alpha value is -1.00. The molecule has 1 unspecified atom stereocenters. The number of carbonyl (C=O) groups is 1. The minimum Gasteiger partial charge on any atom is -0.480 e. The van der Waals surface area contributed by atoms with Gasteiger partial charge >= 0.3 is 5.97 Å². The van der Waals surface area contributed by atoms with E-state index in [1.54, 1.807) is 18.8 Å². The molecular weight excluding hydrogens is 222 g/mol. The maximum atomic E-state index is 10.8. The fourth-order valence-electron chi connectivity index (χ4n) is 1.31. The molecule has 4 heteroatoms. The molecule has 0 amide bonds. The van der Waals surface area contributed by atoms with Crippen molar-refractivity contribution in [2.24, 2.45) is 0 Å². The van der Waals surface area contributed by atoms with Crippen molar-refractivity contribution in [2.45, 2.75) is 24.8 Å². The molecule has 16 heavy (non-hydrogen) atoms. The molecule has 88 valence electrons. The van der Waals surface area contributed by atoms with Gasteiger partial charge in [-0.2, -0.15) is 0 Å². The van der Waals surface area contributed by atoms with E-state index in [4.69, 9.17) is 5.11 Å². The number of hydrogen-bond acceptors (Lipinski definition) is 3. The van der Waals surface area contributed by atoms with Crippen LogP contribution in [0.25, 0.3) is 0 Å². The summed E-state index contributed by atoms with van der Waals surface area (Å²) < 4.78 is 0. The van der Waals surface area contributed by atoms with Crippen molar-refractivity contribution in [3.05, 3.63) is 29.3 Å². The molecule has 0 fully saturated rings. The number of rotatable bonds is 5. The lowest BCUT2D eigenvalue weighted by Gasteiger charge is -2.12. The molecule has 1 atom stereocenters. The van der Waals surface area contributed by atoms with Crippen LogP contribution in [0.3, 0.4) is 0 Å². The zero-order valence-corrected chi connectivity index (χ0v) is 10.6. The topological polar surface area (TPSA) is 49.3 Å². The fraction of sp³-hybridized carbons (Fsp3) is 0.417. The van der Waals surface area contributed by atoms with E-state index in [0.717, 1.165) is 4.90 Å². The van der Waals surface area contributed by atoms with E-state index in [9.17, 15) is 4.79 Å². The Bertz CT molecular complexity index is 379. The fourth-order valence-corrected chi connectivity index (χ4v) is 2.53. The summed E-state index contributed by atoms with van der Waals surface area (Å²) in [5.41, 5.74) is 2.39. The van der Waals surface area contributed by atoms with Gasteiger partial charge in [0, 0.05) is 10.6 Å². The maximum absolute atomic E-state index is 10.8. The first-order chi connectivity index (χ1) is 7.54. The van der Waals surface area contributed by atoms with Gasteiger partial charge in [0.2, 0.25) is 0 Å². The molecule has 0 aromatic heterocycles. The van der Waals surface area contributed by atoms with Crippen molar-refractivity contribution in [3.63, 3.8) is 0 Å². The number of thioether (sulfide) groups is 1. The molecule has 0 heterocycles. The second kappa shape index (κ2) is 5.92. The number of hydrogen-bond donors (Lipinski definition) is 2. The van der Waals surface area contributed by atoms with Crippen LogP contribution in [0.1, 0.15) is 11.1 Å². The Balaban J connectivity index is 2.66. The monoisotopic (exact) mass is 239 g/mol. The summed E-state index contributed by atoms with van der Waals surface area (Å²) in [7, 11) is 1.67. The highest BCUT2D eigenvalue weighted by Crippen LogP contribution is 2.24. The zero-order chi connectivity index (χ0) is 12.1. The highest BCUT2D eigenvalue weighted by Gasteiger charge is 2.15. The molecular formula is C12H17NO2S. The van der Waals surface area contributed by atoms with Crippen molar-refractivity contribution in [3.8, 4) is 0 Å². The predicted molar refractivity (Wildman–Crippen MR) is 67.1 cm³/mol. The van der Waals surface area contributed by atoms with Crippen LogP contribution in [0, 0.1) is 13.8 Å². The van der Waals surface area contributed by atoms with Gasteiger partial charge in [-0.3, -0.25) is 4.79 Å². The van der Waals surface area contributed by atoms with Crippen molar-refractivity contribution >= 4 is 17.7 Å². The molecule has 0 aliphatic carbocycles. The number of nitrogens with one attached hydrogen (secondary N) is 1. The van der Waals surface area contributed by atoms with E-state index in [1.165, 1.54) is 11.1 Å².